The van der Waals surface area contributed by atoms with Crippen LogP contribution < -0.4 is 9.62 Å². The molecule has 0 aliphatic heterocycles. The smallest absolute Gasteiger partial charge is 0.264 e. The zero-order valence-corrected chi connectivity index (χ0v) is 18.0. The summed E-state index contributed by atoms with van der Waals surface area (Å²) >= 11 is 0. The lowest BCUT2D eigenvalue weighted by atomic mass is 10.1. The normalized spacial score (nSPS) is 12.2. The average Bonchev–Trinajstić information content (AvgIpc) is 2.78. The molecule has 30 heavy (non-hydrogen) atoms. The van der Waals surface area contributed by atoms with E-state index in [4.69, 9.17) is 0 Å². The first-order chi connectivity index (χ1) is 14.4. The minimum atomic E-state index is -3.90. The molecule has 1 N–H and O–H groups in total. The van der Waals surface area contributed by atoms with Crippen molar-refractivity contribution in [2.75, 3.05) is 10.8 Å². The third-order valence-electron chi connectivity index (χ3n) is 4.93. The van der Waals surface area contributed by atoms with Crippen LogP contribution in [0.15, 0.2) is 89.8 Å². The van der Waals surface area contributed by atoms with Crippen molar-refractivity contribution in [1.29, 1.82) is 0 Å². The van der Waals surface area contributed by atoms with Gasteiger partial charge < -0.3 is 5.32 Å². The summed E-state index contributed by atoms with van der Waals surface area (Å²) in [4.78, 5) is 12.9. The molecule has 5 nitrogen and oxygen atoms in total. The van der Waals surface area contributed by atoms with Gasteiger partial charge in [-0.1, -0.05) is 67.6 Å². The maximum absolute atomic E-state index is 13.3. The second-order valence-corrected chi connectivity index (χ2v) is 8.91. The lowest BCUT2D eigenvalue weighted by molar-refractivity contribution is -0.120. The van der Waals surface area contributed by atoms with Gasteiger partial charge >= 0.3 is 0 Å². The molecular formula is C24H26N2O3S. The molecule has 3 aromatic carbocycles. The van der Waals surface area contributed by atoms with Gasteiger partial charge in [-0.05, 0) is 48.7 Å². The fourth-order valence-electron chi connectivity index (χ4n) is 3.18. The summed E-state index contributed by atoms with van der Waals surface area (Å²) < 4.78 is 27.8. The number of aryl methyl sites for hydroxylation is 1. The summed E-state index contributed by atoms with van der Waals surface area (Å²) in [5.41, 5.74) is 2.51. The van der Waals surface area contributed by atoms with E-state index in [1.807, 2.05) is 56.3 Å². The number of hydrogen-bond acceptors (Lipinski definition) is 3. The SMILES string of the molecule is CCc1ccc(N(CC(=O)N[C@@H](C)c2ccccc2)S(=O)(=O)c2ccccc2)cc1. The fraction of sp³-hybridized carbons (Fsp3) is 0.208. The molecule has 0 aliphatic carbocycles. The van der Waals surface area contributed by atoms with E-state index in [-0.39, 0.29) is 23.4 Å². The number of benzene rings is 3. The zero-order valence-electron chi connectivity index (χ0n) is 17.2. The number of carbonyl (C=O) groups excluding carboxylic acids is 1. The lowest BCUT2D eigenvalue weighted by Crippen LogP contribution is -2.41. The number of nitrogens with one attached hydrogen (secondary N) is 1. The third kappa shape index (κ3) is 5.07. The summed E-state index contributed by atoms with van der Waals surface area (Å²) in [5.74, 6) is -0.370. The Labute approximate surface area is 178 Å². The van der Waals surface area contributed by atoms with Gasteiger partial charge in [-0.15, -0.1) is 0 Å². The third-order valence-corrected chi connectivity index (χ3v) is 6.72. The Morgan fingerprint density at radius 3 is 2.03 bits per heavy atom. The van der Waals surface area contributed by atoms with E-state index < -0.39 is 10.0 Å². The molecule has 1 amide bonds. The Hall–Kier alpha value is -3.12. The number of nitrogens with zero attached hydrogens (tertiary/aromatic N) is 1. The van der Waals surface area contributed by atoms with Crippen LogP contribution >= 0.6 is 0 Å². The van der Waals surface area contributed by atoms with Crippen LogP contribution in [0.3, 0.4) is 0 Å². The molecule has 0 spiro atoms. The van der Waals surface area contributed by atoms with Crippen LogP contribution in [0, 0.1) is 0 Å². The molecule has 0 bridgehead atoms. The van der Waals surface area contributed by atoms with Crippen molar-refractivity contribution in [3.8, 4) is 0 Å². The van der Waals surface area contributed by atoms with Crippen molar-refractivity contribution in [2.45, 2.75) is 31.2 Å². The Morgan fingerprint density at radius 2 is 1.47 bits per heavy atom. The molecular weight excluding hydrogens is 396 g/mol. The van der Waals surface area contributed by atoms with E-state index in [1.165, 1.54) is 12.1 Å². The number of carbonyl (C=O) groups is 1. The van der Waals surface area contributed by atoms with Crippen LogP contribution in [-0.4, -0.2) is 20.9 Å². The molecule has 0 heterocycles. The van der Waals surface area contributed by atoms with Gasteiger partial charge in [0.25, 0.3) is 10.0 Å². The monoisotopic (exact) mass is 422 g/mol. The lowest BCUT2D eigenvalue weighted by Gasteiger charge is -2.25. The molecule has 3 aromatic rings. The largest absolute Gasteiger partial charge is 0.348 e. The minimum Gasteiger partial charge on any atom is -0.348 e. The highest BCUT2D eigenvalue weighted by Crippen LogP contribution is 2.24. The summed E-state index contributed by atoms with van der Waals surface area (Å²) in [6, 6.07) is 24.7. The van der Waals surface area contributed by atoms with E-state index in [2.05, 4.69) is 5.32 Å². The molecule has 6 heteroatoms. The topological polar surface area (TPSA) is 66.5 Å². The molecule has 0 saturated carbocycles. The van der Waals surface area contributed by atoms with Crippen LogP contribution in [0.1, 0.15) is 31.0 Å². The first-order valence-electron chi connectivity index (χ1n) is 9.93. The highest BCUT2D eigenvalue weighted by Gasteiger charge is 2.27. The minimum absolute atomic E-state index is 0.147. The van der Waals surface area contributed by atoms with Crippen LogP contribution in [0.4, 0.5) is 5.69 Å². The van der Waals surface area contributed by atoms with Crippen LogP contribution in [0.5, 0.6) is 0 Å². The van der Waals surface area contributed by atoms with Gasteiger partial charge in [0.1, 0.15) is 6.54 Å². The molecule has 0 aromatic heterocycles. The van der Waals surface area contributed by atoms with E-state index in [0.29, 0.717) is 5.69 Å². The van der Waals surface area contributed by atoms with Crippen molar-refractivity contribution in [2.24, 2.45) is 0 Å². The van der Waals surface area contributed by atoms with Crippen LogP contribution in [0.25, 0.3) is 0 Å². The summed E-state index contributed by atoms with van der Waals surface area (Å²) in [6.45, 7) is 3.60. The van der Waals surface area contributed by atoms with Gasteiger partial charge in [0, 0.05) is 0 Å². The summed E-state index contributed by atoms with van der Waals surface area (Å²) in [6.07, 6.45) is 0.848. The summed E-state index contributed by atoms with van der Waals surface area (Å²) in [7, 11) is -3.90. The highest BCUT2D eigenvalue weighted by atomic mass is 32.2. The second kappa shape index (κ2) is 9.59. The second-order valence-electron chi connectivity index (χ2n) is 7.04. The Morgan fingerprint density at radius 1 is 0.900 bits per heavy atom. The Kier molecular flexibility index (Phi) is 6.90. The van der Waals surface area contributed by atoms with Crippen molar-refractivity contribution in [3.63, 3.8) is 0 Å². The number of rotatable bonds is 8. The summed E-state index contributed by atoms with van der Waals surface area (Å²) in [5, 5.41) is 2.90. The van der Waals surface area contributed by atoms with Crippen molar-refractivity contribution in [1.82, 2.24) is 5.32 Å². The van der Waals surface area contributed by atoms with Gasteiger partial charge in [0.15, 0.2) is 0 Å². The van der Waals surface area contributed by atoms with Gasteiger partial charge in [-0.3, -0.25) is 9.10 Å². The van der Waals surface area contributed by atoms with E-state index in [9.17, 15) is 13.2 Å². The molecule has 1 atom stereocenters. The van der Waals surface area contributed by atoms with Gasteiger partial charge in [-0.25, -0.2) is 8.42 Å². The number of sulfonamides is 1. The predicted octanol–water partition coefficient (Wildman–Crippen LogP) is 4.32. The Bertz CT molecular complexity index is 1070. The molecule has 156 valence electrons. The van der Waals surface area contributed by atoms with Gasteiger partial charge in [0.05, 0.1) is 16.6 Å². The molecule has 0 saturated heterocycles. The first kappa shape index (κ1) is 21.6. The van der Waals surface area contributed by atoms with Crippen molar-refractivity contribution < 1.29 is 13.2 Å². The zero-order chi connectivity index (χ0) is 21.6. The van der Waals surface area contributed by atoms with Crippen LogP contribution in [0.2, 0.25) is 0 Å². The molecule has 0 unspecified atom stereocenters. The van der Waals surface area contributed by atoms with Crippen LogP contribution in [-0.2, 0) is 21.2 Å². The Balaban J connectivity index is 1.88. The highest BCUT2D eigenvalue weighted by molar-refractivity contribution is 7.92. The van der Waals surface area contributed by atoms with Gasteiger partial charge in [0.2, 0.25) is 5.91 Å². The van der Waals surface area contributed by atoms with E-state index in [0.717, 1.165) is 21.9 Å². The molecule has 0 radical (unpaired) electrons. The average molecular weight is 423 g/mol. The standard InChI is InChI=1S/C24H26N2O3S/c1-3-20-14-16-22(17-15-20)26(30(28,29)23-12-8-5-9-13-23)18-24(27)25-19(2)21-10-6-4-7-11-21/h4-17,19H,3,18H2,1-2H3,(H,25,27)/t19-/m0/s1. The van der Waals surface area contributed by atoms with E-state index >= 15 is 0 Å². The maximum atomic E-state index is 13.3. The number of anilines is 1. The fourth-order valence-corrected chi connectivity index (χ4v) is 4.62. The first-order valence-corrected chi connectivity index (χ1v) is 11.4. The number of amides is 1. The van der Waals surface area contributed by atoms with E-state index in [1.54, 1.807) is 30.3 Å². The maximum Gasteiger partial charge on any atom is 0.264 e. The van der Waals surface area contributed by atoms with Crippen molar-refractivity contribution >= 4 is 21.6 Å². The molecule has 0 aliphatic rings. The quantitative estimate of drug-likeness (QED) is 0.588. The molecule has 0 fully saturated rings. The number of hydrogen-bond donors (Lipinski definition) is 1. The van der Waals surface area contributed by atoms with Gasteiger partial charge in [-0.2, -0.15) is 0 Å². The predicted molar refractivity (Wildman–Crippen MR) is 120 cm³/mol. The molecule has 3 rings (SSSR count). The van der Waals surface area contributed by atoms with Crippen molar-refractivity contribution in [3.05, 3.63) is 96.1 Å².